The maximum Gasteiger partial charge on any atom is 0.355 e. The van der Waals surface area contributed by atoms with E-state index >= 15 is 0 Å². The van der Waals surface area contributed by atoms with E-state index in [1.54, 1.807) is 0 Å². The first-order chi connectivity index (χ1) is 7.52. The maximum absolute atomic E-state index is 11.1. The number of carboxylic acid groups (broad SMARTS) is 2. The van der Waals surface area contributed by atoms with Crippen LogP contribution in [0.3, 0.4) is 0 Å². The van der Waals surface area contributed by atoms with E-state index in [2.05, 4.69) is 15.2 Å². The maximum atomic E-state index is 11.1. The molecule has 5 heteroatoms. The molecule has 0 bridgehead atoms. The van der Waals surface area contributed by atoms with Gasteiger partial charge in [-0.05, 0) is 12.1 Å². The lowest BCUT2D eigenvalue weighted by atomic mass is 10.2. The van der Waals surface area contributed by atoms with Crippen molar-refractivity contribution < 1.29 is 22.5 Å². The topological polar surface area (TPSA) is 87.5 Å². The Morgan fingerprint density at radius 2 is 2.25 bits per heavy atom. The standard InChI is InChI=1S/C7H5NO4/c9-6(10)4-2-1-3-8-5(4)7(11)12/h1-3H,(H,9,10)(H,11,12)/i1D,2D/hD2. The summed E-state index contributed by atoms with van der Waals surface area (Å²) in [6.45, 7) is 0. The average Bonchev–Trinajstić information content (AvgIpc) is 2.30. The number of pyridine rings is 1. The molecule has 0 radical (unpaired) electrons. The molecule has 1 rings (SSSR count). The van der Waals surface area contributed by atoms with Crippen LogP contribution in [-0.2, 0) is 0 Å². The second-order valence-electron chi connectivity index (χ2n) is 1.83. The highest BCUT2D eigenvalue weighted by Crippen LogP contribution is 2.04. The van der Waals surface area contributed by atoms with Crippen LogP contribution in [-0.4, -0.2) is 27.1 Å². The molecule has 0 spiro atoms. The Labute approximate surface area is 73.1 Å². The molecule has 2 N–H and O–H groups in total. The summed E-state index contributed by atoms with van der Waals surface area (Å²) in [5, 5.41) is 7.21. The molecule has 0 aliphatic rings. The SMILES string of the molecule is [2H]OC(=O)c1ncc([2H])c([2H])c1C(=O)O[2H]. The number of carbonyl (C=O) groups is 2. The molecule has 0 atom stereocenters. The van der Waals surface area contributed by atoms with Gasteiger partial charge in [0.2, 0.25) is 0 Å². The largest absolute Gasteiger partial charge is 0.478 e. The van der Waals surface area contributed by atoms with E-state index in [1.807, 2.05) is 0 Å². The number of hydrogen-bond acceptors (Lipinski definition) is 5. The molecule has 0 aliphatic carbocycles. The molecule has 62 valence electrons. The molecule has 5 nitrogen and oxygen atoms in total. The molecule has 1 aromatic heterocycles. The van der Waals surface area contributed by atoms with Gasteiger partial charge in [0.25, 0.3) is 2.86 Å². The lowest BCUT2D eigenvalue weighted by Gasteiger charge is -1.97. The molecule has 0 unspecified atom stereocenters. The molecular formula is C7H5NO4. The first-order valence-electron chi connectivity index (χ1n) is 4.65. The van der Waals surface area contributed by atoms with Crippen LogP contribution in [0.15, 0.2) is 18.3 Å². The summed E-state index contributed by atoms with van der Waals surface area (Å²) < 4.78 is 27.3. The first kappa shape index (κ1) is 4.20. The number of carboxylic acids is 2. The number of nitrogens with zero attached hydrogens (tertiary/aromatic N) is 1. The molecule has 0 fully saturated rings. The van der Waals surface area contributed by atoms with E-state index in [9.17, 15) is 9.59 Å². The third-order valence-corrected chi connectivity index (χ3v) is 1.09. The van der Waals surface area contributed by atoms with Gasteiger partial charge in [-0.15, -0.1) is 0 Å². The summed E-state index contributed by atoms with van der Waals surface area (Å²) >= 11 is 0. The Kier molecular flexibility index (Phi) is 1.05. The van der Waals surface area contributed by atoms with Crippen LogP contribution >= 0.6 is 0 Å². The van der Waals surface area contributed by atoms with Crippen molar-refractivity contribution in [2.75, 3.05) is 0 Å². The zero-order chi connectivity index (χ0) is 12.3. The van der Waals surface area contributed by atoms with E-state index in [0.717, 1.165) is 6.20 Å². The molecular weight excluding hydrogens is 162 g/mol. The van der Waals surface area contributed by atoms with Gasteiger partial charge >= 0.3 is 11.9 Å². The monoisotopic (exact) mass is 171 g/mol. The van der Waals surface area contributed by atoms with E-state index in [-0.39, 0.29) is 0 Å². The van der Waals surface area contributed by atoms with Crippen LogP contribution in [0.25, 0.3) is 2.86 Å². The van der Waals surface area contributed by atoms with Gasteiger partial charge in [-0.25, -0.2) is 14.6 Å². The second-order valence-corrected chi connectivity index (χ2v) is 1.83. The van der Waals surface area contributed by atoms with Crippen LogP contribution in [0.4, 0.5) is 0 Å². The van der Waals surface area contributed by atoms with Crippen molar-refractivity contribution in [3.63, 3.8) is 0 Å². The van der Waals surface area contributed by atoms with Crippen molar-refractivity contribution >= 4 is 11.9 Å². The number of aromatic carboxylic acids is 2. The van der Waals surface area contributed by atoms with E-state index in [1.165, 1.54) is 0 Å². The smallest absolute Gasteiger partial charge is 0.355 e. The van der Waals surface area contributed by atoms with E-state index in [4.69, 9.17) is 5.60 Å². The van der Waals surface area contributed by atoms with Crippen molar-refractivity contribution in [1.82, 2.24) is 4.98 Å². The van der Waals surface area contributed by atoms with Gasteiger partial charge < -0.3 is 10.2 Å². The Morgan fingerprint density at radius 3 is 2.92 bits per heavy atom. The lowest BCUT2D eigenvalue weighted by Crippen LogP contribution is -2.09. The van der Waals surface area contributed by atoms with Gasteiger partial charge in [0.15, 0.2) is 5.69 Å². The van der Waals surface area contributed by atoms with Gasteiger partial charge in [-0.1, -0.05) is 0 Å². The fourth-order valence-electron chi connectivity index (χ4n) is 0.627. The molecule has 0 aromatic carbocycles. The number of hydrogen-bond donors (Lipinski definition) is 2. The van der Waals surface area contributed by atoms with E-state index < -0.39 is 35.3 Å². The summed E-state index contributed by atoms with van der Waals surface area (Å²) in [7, 11) is 0. The summed E-state index contributed by atoms with van der Waals surface area (Å²) in [4.78, 5) is 25.5. The van der Waals surface area contributed by atoms with E-state index in [0.29, 0.717) is 0 Å². The second kappa shape index (κ2) is 3.00. The number of aromatic nitrogens is 1. The highest BCUT2D eigenvalue weighted by atomic mass is 16.4. The summed E-state index contributed by atoms with van der Waals surface area (Å²) in [5.74, 6) is -2.58. The summed E-state index contributed by atoms with van der Waals surface area (Å²) in [6.07, 6.45) is 0.856. The van der Waals surface area contributed by atoms with Gasteiger partial charge in [0, 0.05) is 6.20 Å². The molecule has 0 aliphatic heterocycles. The lowest BCUT2D eigenvalue weighted by molar-refractivity contribution is 0.0646. The normalized spacial score (nSPS) is 13.3. The van der Waals surface area contributed by atoms with Crippen LogP contribution in [0.1, 0.15) is 23.6 Å². The Morgan fingerprint density at radius 1 is 1.50 bits per heavy atom. The minimum Gasteiger partial charge on any atom is -0.478 e. The van der Waals surface area contributed by atoms with Crippen molar-refractivity contribution in [2.45, 2.75) is 0 Å². The third-order valence-electron chi connectivity index (χ3n) is 1.09. The minimum atomic E-state index is -1.31. The van der Waals surface area contributed by atoms with Crippen LogP contribution < -0.4 is 0 Å². The zero-order valence-corrected chi connectivity index (χ0v) is 5.66. The minimum absolute atomic E-state index is 0.415. The zero-order valence-electron chi connectivity index (χ0n) is 9.66. The first-order valence-corrected chi connectivity index (χ1v) is 2.84. The van der Waals surface area contributed by atoms with Gasteiger partial charge in [-0.2, -0.15) is 0 Å². The average molecular weight is 171 g/mol. The van der Waals surface area contributed by atoms with Crippen molar-refractivity contribution in [3.05, 3.63) is 29.5 Å². The predicted octanol–water partition coefficient (Wildman–Crippen LogP) is 0.478. The van der Waals surface area contributed by atoms with Gasteiger partial charge in [0.1, 0.15) is 0 Å². The Bertz CT molecular complexity index is 450. The summed E-state index contributed by atoms with van der Waals surface area (Å²) in [6, 6.07) is -1.03. The highest BCUT2D eigenvalue weighted by Gasteiger charge is 2.15. The third kappa shape index (κ3) is 1.39. The van der Waals surface area contributed by atoms with Crippen LogP contribution in [0.2, 0.25) is 0 Å². The molecule has 12 heavy (non-hydrogen) atoms. The fourth-order valence-corrected chi connectivity index (χ4v) is 0.627. The van der Waals surface area contributed by atoms with Crippen LogP contribution in [0.5, 0.6) is 0 Å². The quantitative estimate of drug-likeness (QED) is 0.675. The van der Waals surface area contributed by atoms with Gasteiger partial charge in [0.05, 0.1) is 8.30 Å². The van der Waals surface area contributed by atoms with Crippen molar-refractivity contribution in [2.24, 2.45) is 0 Å². The predicted molar refractivity (Wildman–Crippen MR) is 38.2 cm³/mol. The highest BCUT2D eigenvalue weighted by molar-refractivity contribution is 5.99. The Hall–Kier alpha value is -1.91. The molecule has 1 heterocycles. The van der Waals surface area contributed by atoms with Crippen molar-refractivity contribution in [3.8, 4) is 0 Å². The molecule has 0 saturated heterocycles. The van der Waals surface area contributed by atoms with Gasteiger partial charge in [-0.3, -0.25) is 0 Å². The number of rotatable bonds is 2. The summed E-state index contributed by atoms with van der Waals surface area (Å²) in [5.41, 5.74) is -1.30. The Balaban J connectivity index is 3.44. The van der Waals surface area contributed by atoms with Crippen molar-refractivity contribution in [1.29, 1.82) is 2.86 Å². The molecule has 1 aromatic rings. The fraction of sp³-hybridized carbons (Fsp3) is 0. The molecule has 0 amide bonds. The van der Waals surface area contributed by atoms with Crippen LogP contribution in [0, 0.1) is 0 Å². The molecule has 0 saturated carbocycles.